The molecule has 0 saturated carbocycles. The van der Waals surface area contributed by atoms with Crippen LogP contribution in [0.2, 0.25) is 0 Å². The minimum Gasteiger partial charge on any atom is -0.493 e. The highest BCUT2D eigenvalue weighted by Gasteiger charge is 2.03. The van der Waals surface area contributed by atoms with Crippen LogP contribution >= 0.6 is 0 Å². The maximum absolute atomic E-state index is 5.48. The molecule has 0 heterocycles. The van der Waals surface area contributed by atoms with Crippen molar-refractivity contribution in [3.05, 3.63) is 29.8 Å². The Labute approximate surface area is 104 Å². The van der Waals surface area contributed by atoms with Crippen molar-refractivity contribution >= 4 is 6.08 Å². The van der Waals surface area contributed by atoms with Crippen LogP contribution in [-0.4, -0.2) is 13.7 Å². The number of unbranched alkanes of at least 4 members (excludes halogenated alkanes) is 2. The van der Waals surface area contributed by atoms with Gasteiger partial charge in [0.25, 0.3) is 0 Å². The summed E-state index contributed by atoms with van der Waals surface area (Å²) in [6, 6.07) is 6.02. The monoisotopic (exact) mass is 234 g/mol. The van der Waals surface area contributed by atoms with Crippen LogP contribution in [-0.2, 0) is 0 Å². The lowest BCUT2D eigenvalue weighted by atomic mass is 10.1. The number of rotatable bonds is 7. The maximum atomic E-state index is 5.48. The Morgan fingerprint density at radius 2 is 2.00 bits per heavy atom. The van der Waals surface area contributed by atoms with Crippen LogP contribution in [0.15, 0.2) is 24.3 Å². The number of ether oxygens (including phenoxy) is 2. The lowest BCUT2D eigenvalue weighted by molar-refractivity contribution is 0.311. The Kier molecular flexibility index (Phi) is 6.23. The fourth-order valence-corrected chi connectivity index (χ4v) is 1.60. The summed E-state index contributed by atoms with van der Waals surface area (Å²) < 4.78 is 10.8. The largest absolute Gasteiger partial charge is 0.493 e. The Bertz CT molecular complexity index is 356. The quantitative estimate of drug-likeness (QED) is 0.655. The molecule has 0 amide bonds. The SMILES string of the molecule is CCCC/C=C/c1ccc(OCC)c(OC)c1. The smallest absolute Gasteiger partial charge is 0.161 e. The molecule has 0 aliphatic rings. The Hall–Kier alpha value is -1.44. The zero-order chi connectivity index (χ0) is 12.5. The average Bonchev–Trinajstić information content (AvgIpc) is 2.36. The number of hydrogen-bond donors (Lipinski definition) is 0. The second kappa shape index (κ2) is 7.77. The lowest BCUT2D eigenvalue weighted by Crippen LogP contribution is -1.95. The van der Waals surface area contributed by atoms with Crippen LogP contribution in [0.1, 0.15) is 38.7 Å². The minimum absolute atomic E-state index is 0.655. The molecular weight excluding hydrogens is 212 g/mol. The number of allylic oxidation sites excluding steroid dienone is 1. The molecule has 1 rings (SSSR count). The van der Waals surface area contributed by atoms with E-state index in [1.165, 1.54) is 12.8 Å². The number of hydrogen-bond acceptors (Lipinski definition) is 2. The van der Waals surface area contributed by atoms with E-state index in [1.54, 1.807) is 7.11 Å². The third kappa shape index (κ3) is 4.51. The van der Waals surface area contributed by atoms with Gasteiger partial charge >= 0.3 is 0 Å². The standard InChI is InChI=1S/C15H22O2/c1-4-6-7-8-9-13-10-11-14(17-5-2)15(12-13)16-3/h8-12H,4-7H2,1-3H3/b9-8+. The molecule has 0 atom stereocenters. The van der Waals surface area contributed by atoms with Gasteiger partial charge in [-0.15, -0.1) is 0 Å². The van der Waals surface area contributed by atoms with Crippen molar-refractivity contribution in [2.75, 3.05) is 13.7 Å². The first-order valence-electron chi connectivity index (χ1n) is 6.29. The topological polar surface area (TPSA) is 18.5 Å². The third-order valence-corrected chi connectivity index (χ3v) is 2.52. The summed E-state index contributed by atoms with van der Waals surface area (Å²) in [4.78, 5) is 0. The van der Waals surface area contributed by atoms with E-state index in [2.05, 4.69) is 25.1 Å². The molecule has 1 aromatic carbocycles. The molecule has 17 heavy (non-hydrogen) atoms. The van der Waals surface area contributed by atoms with E-state index in [-0.39, 0.29) is 0 Å². The molecule has 0 aliphatic heterocycles. The van der Waals surface area contributed by atoms with Crippen molar-refractivity contribution in [2.45, 2.75) is 33.1 Å². The van der Waals surface area contributed by atoms with Crippen LogP contribution in [0.5, 0.6) is 11.5 Å². The van der Waals surface area contributed by atoms with Crippen molar-refractivity contribution in [1.29, 1.82) is 0 Å². The van der Waals surface area contributed by atoms with Crippen molar-refractivity contribution in [2.24, 2.45) is 0 Å². The molecule has 2 nitrogen and oxygen atoms in total. The summed E-state index contributed by atoms with van der Waals surface area (Å²) in [6.07, 6.45) is 7.94. The molecule has 0 spiro atoms. The molecule has 0 fully saturated rings. The summed E-state index contributed by atoms with van der Waals surface area (Å²) in [7, 11) is 1.67. The van der Waals surface area contributed by atoms with Crippen LogP contribution in [0.4, 0.5) is 0 Å². The normalized spacial score (nSPS) is 10.8. The van der Waals surface area contributed by atoms with Crippen LogP contribution < -0.4 is 9.47 Å². The minimum atomic E-state index is 0.655. The van der Waals surface area contributed by atoms with E-state index in [4.69, 9.17) is 9.47 Å². The molecule has 2 heteroatoms. The molecule has 0 bridgehead atoms. The summed E-state index contributed by atoms with van der Waals surface area (Å²) >= 11 is 0. The van der Waals surface area contributed by atoms with Crippen LogP contribution in [0.25, 0.3) is 6.08 Å². The Morgan fingerprint density at radius 1 is 1.18 bits per heavy atom. The highest BCUT2D eigenvalue weighted by molar-refractivity contribution is 5.55. The van der Waals surface area contributed by atoms with Gasteiger partial charge in [0.15, 0.2) is 11.5 Å². The molecular formula is C15H22O2. The Morgan fingerprint density at radius 3 is 2.65 bits per heavy atom. The van der Waals surface area contributed by atoms with Gasteiger partial charge in [-0.05, 0) is 31.0 Å². The number of methoxy groups -OCH3 is 1. The average molecular weight is 234 g/mol. The first-order chi connectivity index (χ1) is 8.31. The van der Waals surface area contributed by atoms with Gasteiger partial charge in [-0.25, -0.2) is 0 Å². The zero-order valence-electron chi connectivity index (χ0n) is 11.0. The van der Waals surface area contributed by atoms with Gasteiger partial charge in [-0.1, -0.05) is 38.0 Å². The predicted octanol–water partition coefficient (Wildman–Crippen LogP) is 4.30. The predicted molar refractivity (Wildman–Crippen MR) is 72.7 cm³/mol. The van der Waals surface area contributed by atoms with Crippen molar-refractivity contribution in [3.8, 4) is 11.5 Å². The molecule has 1 aromatic rings. The summed E-state index contributed by atoms with van der Waals surface area (Å²) in [5.74, 6) is 1.60. The molecule has 0 aliphatic carbocycles. The van der Waals surface area contributed by atoms with E-state index < -0.39 is 0 Å². The zero-order valence-corrected chi connectivity index (χ0v) is 11.0. The summed E-state index contributed by atoms with van der Waals surface area (Å²) in [6.45, 7) is 4.83. The van der Waals surface area contributed by atoms with Crippen LogP contribution in [0, 0.1) is 0 Å². The fourth-order valence-electron chi connectivity index (χ4n) is 1.60. The fraction of sp³-hybridized carbons (Fsp3) is 0.467. The van der Waals surface area contributed by atoms with Crippen LogP contribution in [0.3, 0.4) is 0 Å². The highest BCUT2D eigenvalue weighted by atomic mass is 16.5. The van der Waals surface area contributed by atoms with E-state index in [0.717, 1.165) is 23.5 Å². The molecule has 0 N–H and O–H groups in total. The van der Waals surface area contributed by atoms with Gasteiger partial charge in [0.05, 0.1) is 13.7 Å². The van der Waals surface area contributed by atoms with E-state index in [1.807, 2.05) is 19.1 Å². The van der Waals surface area contributed by atoms with Gasteiger partial charge in [0, 0.05) is 0 Å². The number of benzene rings is 1. The maximum Gasteiger partial charge on any atom is 0.161 e. The van der Waals surface area contributed by atoms with E-state index in [9.17, 15) is 0 Å². The van der Waals surface area contributed by atoms with Gasteiger partial charge in [-0.3, -0.25) is 0 Å². The summed E-state index contributed by atoms with van der Waals surface area (Å²) in [5, 5.41) is 0. The van der Waals surface area contributed by atoms with E-state index in [0.29, 0.717) is 6.61 Å². The van der Waals surface area contributed by atoms with Gasteiger partial charge in [0.2, 0.25) is 0 Å². The molecule has 0 aromatic heterocycles. The molecule has 0 unspecified atom stereocenters. The first-order valence-corrected chi connectivity index (χ1v) is 6.29. The van der Waals surface area contributed by atoms with Crippen molar-refractivity contribution < 1.29 is 9.47 Å². The molecule has 0 radical (unpaired) electrons. The summed E-state index contributed by atoms with van der Waals surface area (Å²) in [5.41, 5.74) is 1.15. The molecule has 94 valence electrons. The second-order valence-electron chi connectivity index (χ2n) is 3.89. The van der Waals surface area contributed by atoms with Crippen molar-refractivity contribution in [1.82, 2.24) is 0 Å². The van der Waals surface area contributed by atoms with Gasteiger partial charge in [0.1, 0.15) is 0 Å². The van der Waals surface area contributed by atoms with Crippen molar-refractivity contribution in [3.63, 3.8) is 0 Å². The Balaban J connectivity index is 2.71. The van der Waals surface area contributed by atoms with Gasteiger partial charge in [-0.2, -0.15) is 0 Å². The van der Waals surface area contributed by atoms with Gasteiger partial charge < -0.3 is 9.47 Å². The van der Waals surface area contributed by atoms with E-state index >= 15 is 0 Å². The molecule has 0 saturated heterocycles. The lowest BCUT2D eigenvalue weighted by Gasteiger charge is -2.09. The first kappa shape index (κ1) is 13.6. The highest BCUT2D eigenvalue weighted by Crippen LogP contribution is 2.28. The second-order valence-corrected chi connectivity index (χ2v) is 3.89. The third-order valence-electron chi connectivity index (χ3n) is 2.52.